The Labute approximate surface area is 210 Å². The summed E-state index contributed by atoms with van der Waals surface area (Å²) in [6.07, 6.45) is 0. The first kappa shape index (κ1) is 25.7. The molecule has 1 saturated heterocycles. The van der Waals surface area contributed by atoms with Gasteiger partial charge >= 0.3 is 0 Å². The number of aromatic nitrogens is 1. The van der Waals surface area contributed by atoms with Crippen LogP contribution in [-0.4, -0.2) is 86.4 Å². The molecule has 10 nitrogen and oxygen atoms in total. The molecule has 1 aliphatic heterocycles. The molecule has 1 aliphatic rings. The first-order valence-electron chi connectivity index (χ1n) is 12.4. The van der Waals surface area contributed by atoms with E-state index in [0.29, 0.717) is 58.6 Å². The van der Waals surface area contributed by atoms with Crippen molar-refractivity contribution in [2.75, 3.05) is 72.0 Å². The van der Waals surface area contributed by atoms with E-state index in [0.717, 1.165) is 32.7 Å². The molecule has 0 amide bonds. The number of anilines is 1. The number of benzene rings is 2. The van der Waals surface area contributed by atoms with Crippen LogP contribution >= 0.6 is 0 Å². The van der Waals surface area contributed by atoms with E-state index in [1.807, 2.05) is 24.1 Å². The molecule has 36 heavy (non-hydrogen) atoms. The number of nitro groups is 1. The van der Waals surface area contributed by atoms with Crippen LogP contribution in [0.15, 0.2) is 29.1 Å². The van der Waals surface area contributed by atoms with Crippen molar-refractivity contribution in [1.82, 2.24) is 14.4 Å². The standard InChI is InChI=1S/C26H35N5O5/c1-6-28(7-2)10-13-30-20-17-21(29-11-8-27(3)9-12-29)22(31(33)34)16-19(20)26(32)25-23(30)14-18(35-4)15-24(25)36-5/h14-17H,6-13H2,1-5H3. The number of piperazine rings is 1. The van der Waals surface area contributed by atoms with Crippen molar-refractivity contribution in [1.29, 1.82) is 0 Å². The van der Waals surface area contributed by atoms with Crippen molar-refractivity contribution in [3.8, 4) is 11.5 Å². The lowest BCUT2D eigenvalue weighted by molar-refractivity contribution is -0.384. The third-order valence-electron chi connectivity index (χ3n) is 7.23. The van der Waals surface area contributed by atoms with Crippen LogP contribution in [0.2, 0.25) is 0 Å². The molecule has 1 fully saturated rings. The summed E-state index contributed by atoms with van der Waals surface area (Å²) in [4.78, 5) is 32.1. The molecule has 3 aromatic rings. The topological polar surface area (TPSA) is 93.3 Å². The van der Waals surface area contributed by atoms with Gasteiger partial charge in [-0.2, -0.15) is 0 Å². The van der Waals surface area contributed by atoms with Gasteiger partial charge in [0.05, 0.1) is 40.9 Å². The predicted octanol–water partition coefficient (Wildman–Crippen LogP) is 3.17. The van der Waals surface area contributed by atoms with Crippen LogP contribution in [0.5, 0.6) is 11.5 Å². The zero-order valence-corrected chi connectivity index (χ0v) is 21.7. The largest absolute Gasteiger partial charge is 0.497 e. The summed E-state index contributed by atoms with van der Waals surface area (Å²) >= 11 is 0. The van der Waals surface area contributed by atoms with E-state index in [1.54, 1.807) is 13.2 Å². The maximum atomic E-state index is 13.8. The predicted molar refractivity (Wildman–Crippen MR) is 143 cm³/mol. The van der Waals surface area contributed by atoms with Crippen LogP contribution < -0.4 is 19.8 Å². The molecule has 1 aromatic heterocycles. The number of nitrogens with zero attached hydrogens (tertiary/aromatic N) is 5. The fraction of sp³-hybridized carbons (Fsp3) is 0.500. The van der Waals surface area contributed by atoms with Gasteiger partial charge in [-0.3, -0.25) is 14.9 Å². The highest BCUT2D eigenvalue weighted by atomic mass is 16.6. The molecule has 0 spiro atoms. The smallest absolute Gasteiger partial charge is 0.293 e. The Hall–Kier alpha value is -3.37. The van der Waals surface area contributed by atoms with Crippen LogP contribution in [0.1, 0.15) is 13.8 Å². The lowest BCUT2D eigenvalue weighted by atomic mass is 10.1. The highest BCUT2D eigenvalue weighted by Gasteiger charge is 2.26. The van der Waals surface area contributed by atoms with Crippen LogP contribution in [0.4, 0.5) is 11.4 Å². The minimum Gasteiger partial charge on any atom is -0.497 e. The van der Waals surface area contributed by atoms with E-state index in [2.05, 4.69) is 28.2 Å². The Bertz CT molecular complexity index is 1330. The minimum absolute atomic E-state index is 0.0497. The number of nitro benzene ring substituents is 1. The fourth-order valence-corrected chi connectivity index (χ4v) is 5.00. The van der Waals surface area contributed by atoms with E-state index in [1.165, 1.54) is 13.2 Å². The maximum absolute atomic E-state index is 13.8. The number of hydrogen-bond acceptors (Lipinski definition) is 8. The van der Waals surface area contributed by atoms with Gasteiger partial charge in [-0.25, -0.2) is 0 Å². The molecule has 0 aliphatic carbocycles. The van der Waals surface area contributed by atoms with Crippen LogP contribution in [0, 0.1) is 10.1 Å². The first-order valence-corrected chi connectivity index (χ1v) is 12.4. The number of pyridine rings is 1. The lowest BCUT2D eigenvalue weighted by Gasteiger charge is -2.34. The summed E-state index contributed by atoms with van der Waals surface area (Å²) < 4.78 is 13.2. The molecule has 0 atom stereocenters. The molecule has 2 heterocycles. The average Bonchev–Trinajstić information content (AvgIpc) is 2.89. The zero-order chi connectivity index (χ0) is 26.0. The van der Waals surface area contributed by atoms with Gasteiger partial charge in [0.15, 0.2) is 0 Å². The lowest BCUT2D eigenvalue weighted by Crippen LogP contribution is -2.44. The number of hydrogen-bond donors (Lipinski definition) is 0. The van der Waals surface area contributed by atoms with E-state index in [9.17, 15) is 14.9 Å². The Kier molecular flexibility index (Phi) is 7.65. The molecule has 0 saturated carbocycles. The number of likely N-dealkylation sites (N-methyl/N-ethyl adjacent to an activating group) is 2. The molecule has 194 valence electrons. The number of fused-ring (bicyclic) bond motifs is 2. The maximum Gasteiger partial charge on any atom is 0.293 e. The normalized spacial score (nSPS) is 14.7. The van der Waals surface area contributed by atoms with Gasteiger partial charge in [-0.1, -0.05) is 13.8 Å². The second-order valence-electron chi connectivity index (χ2n) is 9.14. The number of rotatable bonds is 9. The Morgan fingerprint density at radius 1 is 1.00 bits per heavy atom. The monoisotopic (exact) mass is 497 g/mol. The third-order valence-corrected chi connectivity index (χ3v) is 7.23. The van der Waals surface area contributed by atoms with Gasteiger partial charge in [-0.05, 0) is 26.2 Å². The Morgan fingerprint density at radius 2 is 1.69 bits per heavy atom. The summed E-state index contributed by atoms with van der Waals surface area (Å²) in [5.74, 6) is 0.967. The van der Waals surface area contributed by atoms with Crippen molar-refractivity contribution < 1.29 is 14.4 Å². The van der Waals surface area contributed by atoms with Crippen molar-refractivity contribution in [3.05, 3.63) is 44.6 Å². The molecular weight excluding hydrogens is 462 g/mol. The van der Waals surface area contributed by atoms with Crippen molar-refractivity contribution in [3.63, 3.8) is 0 Å². The first-order chi connectivity index (χ1) is 17.3. The summed E-state index contributed by atoms with van der Waals surface area (Å²) in [6.45, 7) is 10.4. The van der Waals surface area contributed by atoms with Gasteiger partial charge in [0, 0.05) is 57.5 Å². The minimum atomic E-state index is -0.387. The summed E-state index contributed by atoms with van der Waals surface area (Å²) in [5.41, 5.74) is 1.58. The molecule has 2 aromatic carbocycles. The molecule has 0 unspecified atom stereocenters. The van der Waals surface area contributed by atoms with E-state index in [-0.39, 0.29) is 16.0 Å². The average molecular weight is 498 g/mol. The number of methoxy groups -OCH3 is 2. The number of ether oxygens (including phenoxy) is 2. The zero-order valence-electron chi connectivity index (χ0n) is 21.7. The highest BCUT2D eigenvalue weighted by molar-refractivity contribution is 6.00. The van der Waals surface area contributed by atoms with E-state index in [4.69, 9.17) is 9.47 Å². The Balaban J connectivity index is 2.05. The van der Waals surface area contributed by atoms with E-state index < -0.39 is 0 Å². The fourth-order valence-electron chi connectivity index (χ4n) is 5.00. The van der Waals surface area contributed by atoms with Gasteiger partial charge in [-0.15, -0.1) is 0 Å². The van der Waals surface area contributed by atoms with Gasteiger partial charge in [0.1, 0.15) is 17.2 Å². The van der Waals surface area contributed by atoms with Gasteiger partial charge in [0.2, 0.25) is 5.43 Å². The van der Waals surface area contributed by atoms with Crippen LogP contribution in [0.25, 0.3) is 21.8 Å². The van der Waals surface area contributed by atoms with E-state index >= 15 is 0 Å². The molecule has 4 rings (SSSR count). The third kappa shape index (κ3) is 4.70. The second-order valence-corrected chi connectivity index (χ2v) is 9.14. The van der Waals surface area contributed by atoms with Crippen LogP contribution in [0.3, 0.4) is 0 Å². The Morgan fingerprint density at radius 3 is 2.28 bits per heavy atom. The van der Waals surface area contributed by atoms with Crippen molar-refractivity contribution in [2.24, 2.45) is 0 Å². The van der Waals surface area contributed by atoms with Crippen LogP contribution in [-0.2, 0) is 6.54 Å². The molecular formula is C26H35N5O5. The van der Waals surface area contributed by atoms with Crippen molar-refractivity contribution in [2.45, 2.75) is 20.4 Å². The molecule has 0 radical (unpaired) electrons. The van der Waals surface area contributed by atoms with Gasteiger partial charge in [0.25, 0.3) is 5.69 Å². The molecule has 0 bridgehead atoms. The van der Waals surface area contributed by atoms with Gasteiger partial charge < -0.3 is 28.7 Å². The SMILES string of the molecule is CCN(CC)CCn1c2cc(N3CCN(C)CC3)c([N+](=O)[O-])cc2c(=O)c2c(OC)cc(OC)cc21. The quantitative estimate of drug-likeness (QED) is 0.253. The molecule has 0 N–H and O–H groups in total. The second kappa shape index (κ2) is 10.7. The molecule has 10 heteroatoms. The highest BCUT2D eigenvalue weighted by Crippen LogP contribution is 2.36. The summed E-state index contributed by atoms with van der Waals surface area (Å²) in [6, 6.07) is 6.80. The summed E-state index contributed by atoms with van der Waals surface area (Å²) in [5, 5.41) is 12.9. The van der Waals surface area contributed by atoms with Crippen molar-refractivity contribution >= 4 is 33.2 Å². The summed E-state index contributed by atoms with van der Waals surface area (Å²) in [7, 11) is 5.13.